The van der Waals surface area contributed by atoms with Crippen LogP contribution in [0.15, 0.2) is 104 Å². The molecule has 0 N–H and O–H groups in total. The molecular weight excluding hydrogens is 682 g/mol. The molecule has 2 nitrogen and oxygen atoms in total. The number of allylic oxidation sites excluding steroid dienone is 1. The number of hydrogen-bond acceptors (Lipinski definition) is 1. The van der Waals surface area contributed by atoms with Crippen LogP contribution in [0.4, 0.5) is 17.3 Å². The molecule has 4 rings (SSSR count). The van der Waals surface area contributed by atoms with Crippen LogP contribution in [0.1, 0.15) is 0 Å². The van der Waals surface area contributed by atoms with Gasteiger partial charge in [0.15, 0.2) is 0 Å². The molecule has 10 heteroatoms. The van der Waals surface area contributed by atoms with Gasteiger partial charge in [0.1, 0.15) is 5.59 Å². The molecule has 1 saturated carbocycles. The van der Waals surface area contributed by atoms with Crippen LogP contribution in [0, 0.1) is 37.0 Å². The standard InChI is InChI=1S/C18H15P.C5H5.C3H5Cl.BF4.NO.Re/c1-4-10-16(11-5-1)19(17-12-6-2-7-13-17)18-14-8-3-9-15-18;1-2-4-5-3-1;1-2-3-4;2-1(3,4)5;1-2;/h1-15H;1-5H;2H,1,3H2;;;/q;;;-1;;. The maximum Gasteiger partial charge on any atom is 0.673 e. The molecule has 7 radical (unpaired) electrons. The van der Waals surface area contributed by atoms with E-state index in [1.165, 1.54) is 15.9 Å². The van der Waals surface area contributed by atoms with Crippen molar-refractivity contribution in [3.63, 3.8) is 0 Å². The molecule has 0 spiro atoms. The second-order valence-corrected chi connectivity index (χ2v) is 8.77. The fourth-order valence-electron chi connectivity index (χ4n) is 2.50. The molecule has 0 bridgehead atoms. The van der Waals surface area contributed by atoms with Crippen molar-refractivity contribution in [3.8, 4) is 0 Å². The Balaban J connectivity index is 0. The van der Waals surface area contributed by atoms with Crippen molar-refractivity contribution in [2.45, 2.75) is 0 Å². The summed E-state index contributed by atoms with van der Waals surface area (Å²) in [6.45, 7) is 3.35. The fraction of sp³-hybridized carbons (Fsp3) is 0.0385. The molecular formula is C26H25BClF4NOPRe-. The van der Waals surface area contributed by atoms with Crippen molar-refractivity contribution < 1.29 is 37.7 Å². The van der Waals surface area contributed by atoms with Crippen molar-refractivity contribution >= 4 is 42.7 Å². The van der Waals surface area contributed by atoms with Crippen LogP contribution in [0.2, 0.25) is 0 Å². The van der Waals surface area contributed by atoms with E-state index in [0.717, 1.165) is 0 Å². The monoisotopic (exact) mass is 707 g/mol. The molecule has 1 aliphatic rings. The van der Waals surface area contributed by atoms with Gasteiger partial charge < -0.3 is 17.3 Å². The minimum absolute atomic E-state index is 0. The van der Waals surface area contributed by atoms with Gasteiger partial charge in [-0.15, -0.1) is 23.1 Å². The van der Waals surface area contributed by atoms with E-state index in [2.05, 4.69) is 97.6 Å². The molecule has 0 heterocycles. The van der Waals surface area contributed by atoms with Gasteiger partial charge in [-0.1, -0.05) is 97.1 Å². The minimum atomic E-state index is -6.00. The molecule has 0 aliphatic heterocycles. The summed E-state index contributed by atoms with van der Waals surface area (Å²) in [7, 11) is -6.45. The molecule has 0 atom stereocenters. The first kappa shape index (κ1) is 36.3. The Morgan fingerprint density at radius 2 is 0.861 bits per heavy atom. The van der Waals surface area contributed by atoms with Crippen LogP contribution in [-0.4, -0.2) is 13.1 Å². The van der Waals surface area contributed by atoms with Gasteiger partial charge >= 0.3 is 7.25 Å². The van der Waals surface area contributed by atoms with Crippen LogP contribution < -0.4 is 21.5 Å². The summed E-state index contributed by atoms with van der Waals surface area (Å²) >= 11 is 5.07. The van der Waals surface area contributed by atoms with E-state index in [4.69, 9.17) is 22.1 Å². The van der Waals surface area contributed by atoms with Crippen molar-refractivity contribution in [2.24, 2.45) is 0 Å². The summed E-state index contributed by atoms with van der Waals surface area (Å²) in [4.78, 5) is 7.25. The van der Waals surface area contributed by atoms with Crippen molar-refractivity contribution in [1.29, 1.82) is 0 Å². The number of halogens is 5. The van der Waals surface area contributed by atoms with Gasteiger partial charge in [0, 0.05) is 26.3 Å². The number of nitroso groups, excluding NO2 is 1. The molecule has 3 aromatic rings. The molecule has 36 heavy (non-hydrogen) atoms. The van der Waals surface area contributed by atoms with Gasteiger partial charge in [-0.05, 0) is 55.9 Å². The third-order valence-corrected chi connectivity index (χ3v) is 6.37. The zero-order valence-electron chi connectivity index (χ0n) is 19.2. The Bertz CT molecular complexity index is 785. The predicted octanol–water partition coefficient (Wildman–Crippen LogP) is 6.73. The van der Waals surface area contributed by atoms with Crippen molar-refractivity contribution in [2.75, 3.05) is 5.88 Å². The third kappa shape index (κ3) is 19.4. The summed E-state index contributed by atoms with van der Waals surface area (Å²) in [5.41, 5.74) is 5.75. The van der Waals surface area contributed by atoms with Crippen LogP contribution in [0.5, 0.6) is 0 Å². The van der Waals surface area contributed by atoms with E-state index in [1.807, 2.05) is 32.1 Å². The predicted molar refractivity (Wildman–Crippen MR) is 143 cm³/mol. The van der Waals surface area contributed by atoms with Gasteiger partial charge in [0.05, 0.1) is 0 Å². The molecule has 0 aromatic heterocycles. The second kappa shape index (κ2) is 23.6. The van der Waals surface area contributed by atoms with Gasteiger partial charge in [0.2, 0.25) is 0 Å². The Morgan fingerprint density at radius 1 is 0.667 bits per heavy atom. The van der Waals surface area contributed by atoms with Gasteiger partial charge in [-0.3, -0.25) is 0 Å². The van der Waals surface area contributed by atoms with Gasteiger partial charge in [-0.2, -0.15) is 0 Å². The van der Waals surface area contributed by atoms with Crippen LogP contribution >= 0.6 is 19.5 Å². The number of alkyl halides is 1. The van der Waals surface area contributed by atoms with E-state index in [0.29, 0.717) is 5.88 Å². The molecule has 0 saturated heterocycles. The topological polar surface area (TPSA) is 39.4 Å². The number of benzene rings is 3. The second-order valence-electron chi connectivity index (χ2n) is 6.24. The summed E-state index contributed by atoms with van der Waals surface area (Å²) < 4.78 is 39.0. The number of hydrogen-bond donors (Lipinski definition) is 0. The quantitative estimate of drug-likeness (QED) is 0.0976. The molecule has 0 amide bonds. The SMILES string of the molecule is C=CCCl.F[B-](F)(F)F.[CH]1[CH][CH][CH][CH]1.[N]=O.[Re].c1ccc(P(c2ccccc2)c2ccccc2)cc1. The number of nitrogens with zero attached hydrogens (tertiary/aromatic N) is 1. The molecule has 0 unspecified atom stereocenters. The minimum Gasteiger partial charge on any atom is -0.418 e. The van der Waals surface area contributed by atoms with Crippen LogP contribution in [0.3, 0.4) is 0 Å². The van der Waals surface area contributed by atoms with Crippen LogP contribution in [0.25, 0.3) is 0 Å². The normalized spacial score (nSPS) is 11.4. The zero-order chi connectivity index (χ0) is 26.4. The third-order valence-electron chi connectivity index (χ3n) is 3.71. The number of rotatable bonds is 4. The zero-order valence-corrected chi connectivity index (χ0v) is 23.6. The Morgan fingerprint density at radius 3 is 1.03 bits per heavy atom. The van der Waals surface area contributed by atoms with E-state index in [1.54, 1.807) is 6.08 Å². The van der Waals surface area contributed by atoms with E-state index < -0.39 is 15.2 Å². The summed E-state index contributed by atoms with van der Waals surface area (Å²) in [5, 5.41) is 4.19. The van der Waals surface area contributed by atoms with Crippen LogP contribution in [-0.2, 0) is 20.4 Å². The van der Waals surface area contributed by atoms with Crippen molar-refractivity contribution in [1.82, 2.24) is 5.59 Å². The average molecular weight is 707 g/mol. The Hall–Kier alpha value is -1.83. The Kier molecular flexibility index (Phi) is 23.8. The largest absolute Gasteiger partial charge is 0.673 e. The van der Waals surface area contributed by atoms with E-state index >= 15 is 0 Å². The van der Waals surface area contributed by atoms with Crippen molar-refractivity contribution in [3.05, 3.63) is 141 Å². The first-order chi connectivity index (χ1) is 16.9. The van der Waals surface area contributed by atoms with E-state index in [-0.39, 0.29) is 20.4 Å². The van der Waals surface area contributed by atoms with Gasteiger partial charge in [-0.25, -0.2) is 0 Å². The maximum atomic E-state index is 9.75. The molecule has 191 valence electrons. The summed E-state index contributed by atoms with van der Waals surface area (Å²) in [5.74, 6) is 0.556. The average Bonchev–Trinajstić information content (AvgIpc) is 3.47. The maximum absolute atomic E-state index is 9.75. The summed E-state index contributed by atoms with van der Waals surface area (Å²) in [6, 6.07) is 32.3. The molecule has 3 aromatic carbocycles. The fourth-order valence-corrected chi connectivity index (χ4v) is 4.80. The molecule has 1 aliphatic carbocycles. The van der Waals surface area contributed by atoms with E-state index in [9.17, 15) is 17.3 Å². The van der Waals surface area contributed by atoms with Gasteiger partial charge in [0.25, 0.3) is 0 Å². The molecule has 1 fully saturated rings. The summed E-state index contributed by atoms with van der Waals surface area (Å²) in [6.07, 6.45) is 11.6. The Labute approximate surface area is 231 Å². The first-order valence-electron chi connectivity index (χ1n) is 10.2. The first-order valence-corrected chi connectivity index (χ1v) is 12.1. The smallest absolute Gasteiger partial charge is 0.418 e.